The normalized spacial score (nSPS) is 17.3. The van der Waals surface area contributed by atoms with Crippen molar-refractivity contribution in [1.82, 2.24) is 14.5 Å². The number of carbonyl (C=O) groups is 2. The van der Waals surface area contributed by atoms with Crippen LogP contribution in [-0.2, 0) is 28.9 Å². The standard InChI is InChI=1S/C27H32N4O4/c1-18(16-19-6-4-3-5-7-19)31-23-9-8-20-10-15-30(27(34)35-2)17-22(20)24(23)28-26(31)29-13-11-21(12-14-29)25(32)33/h3-9,18,21H,10-17H2,1-2H3,(H,32,33)/t18-/m1/s1. The third kappa shape index (κ3) is 4.45. The number of imidazole rings is 1. The number of hydrogen-bond acceptors (Lipinski definition) is 5. The summed E-state index contributed by atoms with van der Waals surface area (Å²) in [7, 11) is 1.41. The van der Waals surface area contributed by atoms with E-state index in [0.717, 1.165) is 35.4 Å². The van der Waals surface area contributed by atoms with Crippen LogP contribution in [-0.4, -0.2) is 58.4 Å². The first-order valence-corrected chi connectivity index (χ1v) is 12.3. The minimum absolute atomic E-state index is 0.146. The lowest BCUT2D eigenvalue weighted by Gasteiger charge is -2.32. The number of ether oxygens (including phenoxy) is 1. The first-order chi connectivity index (χ1) is 17.0. The molecule has 1 amide bonds. The summed E-state index contributed by atoms with van der Waals surface area (Å²) in [5.41, 5.74) is 5.52. The van der Waals surface area contributed by atoms with Gasteiger partial charge in [-0.1, -0.05) is 36.4 Å². The van der Waals surface area contributed by atoms with Gasteiger partial charge in [-0.15, -0.1) is 0 Å². The highest BCUT2D eigenvalue weighted by Gasteiger charge is 2.31. The van der Waals surface area contributed by atoms with Gasteiger partial charge in [-0.05, 0) is 49.8 Å². The summed E-state index contributed by atoms with van der Waals surface area (Å²) < 4.78 is 7.29. The van der Waals surface area contributed by atoms with Crippen molar-refractivity contribution in [3.05, 3.63) is 59.2 Å². The summed E-state index contributed by atoms with van der Waals surface area (Å²) in [5.74, 6) is -0.129. The number of hydrogen-bond donors (Lipinski definition) is 1. The molecule has 0 bridgehead atoms. The lowest BCUT2D eigenvalue weighted by molar-refractivity contribution is -0.142. The molecular formula is C27H32N4O4. The summed E-state index contributed by atoms with van der Waals surface area (Å²) in [4.78, 5) is 32.9. The van der Waals surface area contributed by atoms with Crippen LogP contribution in [0.2, 0.25) is 0 Å². The van der Waals surface area contributed by atoms with Crippen molar-refractivity contribution in [1.29, 1.82) is 0 Å². The van der Waals surface area contributed by atoms with Crippen molar-refractivity contribution in [3.8, 4) is 0 Å². The first kappa shape index (κ1) is 23.2. The zero-order valence-corrected chi connectivity index (χ0v) is 20.3. The first-order valence-electron chi connectivity index (χ1n) is 12.3. The second-order valence-corrected chi connectivity index (χ2v) is 9.63. The van der Waals surface area contributed by atoms with Crippen LogP contribution in [0, 0.1) is 5.92 Å². The van der Waals surface area contributed by atoms with E-state index in [1.54, 1.807) is 4.90 Å². The smallest absolute Gasteiger partial charge is 0.409 e. The molecule has 184 valence electrons. The molecule has 2 aliphatic rings. The van der Waals surface area contributed by atoms with Gasteiger partial charge in [-0.2, -0.15) is 0 Å². The predicted octanol–water partition coefficient (Wildman–Crippen LogP) is 4.27. The number of piperidine rings is 1. The number of aromatic nitrogens is 2. The molecule has 2 aliphatic heterocycles. The summed E-state index contributed by atoms with van der Waals surface area (Å²) in [6.07, 6.45) is 2.53. The quantitative estimate of drug-likeness (QED) is 0.592. The summed E-state index contributed by atoms with van der Waals surface area (Å²) in [6.45, 7) is 4.64. The Morgan fingerprint density at radius 3 is 2.54 bits per heavy atom. The molecule has 1 aromatic heterocycles. The molecule has 0 saturated carbocycles. The van der Waals surface area contributed by atoms with Gasteiger partial charge in [0, 0.05) is 31.2 Å². The van der Waals surface area contributed by atoms with E-state index in [0.29, 0.717) is 39.0 Å². The lowest BCUT2D eigenvalue weighted by atomic mass is 9.97. The Labute approximate surface area is 205 Å². The topological polar surface area (TPSA) is 87.9 Å². The highest BCUT2D eigenvalue weighted by molar-refractivity contribution is 5.84. The average molecular weight is 477 g/mol. The number of amides is 1. The van der Waals surface area contributed by atoms with Crippen molar-refractivity contribution in [2.45, 2.75) is 45.2 Å². The van der Waals surface area contributed by atoms with Gasteiger partial charge in [0.05, 0.1) is 30.6 Å². The molecule has 8 nitrogen and oxygen atoms in total. The van der Waals surface area contributed by atoms with Gasteiger partial charge in [-0.25, -0.2) is 9.78 Å². The van der Waals surface area contributed by atoms with Crippen molar-refractivity contribution in [2.24, 2.45) is 5.92 Å². The predicted molar refractivity (Wildman–Crippen MR) is 134 cm³/mol. The van der Waals surface area contributed by atoms with Crippen LogP contribution in [0.3, 0.4) is 0 Å². The van der Waals surface area contributed by atoms with E-state index in [4.69, 9.17) is 9.72 Å². The van der Waals surface area contributed by atoms with E-state index in [-0.39, 0.29) is 18.1 Å². The molecule has 1 fully saturated rings. The molecule has 0 radical (unpaired) electrons. The SMILES string of the molecule is COC(=O)N1CCc2ccc3c(nc(N4CCC(C(=O)O)CC4)n3[C@H](C)Cc3ccccc3)c2C1. The molecule has 2 aromatic carbocycles. The van der Waals surface area contributed by atoms with E-state index in [1.807, 2.05) is 6.07 Å². The number of benzene rings is 2. The summed E-state index contributed by atoms with van der Waals surface area (Å²) in [5, 5.41) is 9.46. The van der Waals surface area contributed by atoms with Crippen LogP contribution in [0.25, 0.3) is 11.0 Å². The molecule has 5 rings (SSSR count). The lowest BCUT2D eigenvalue weighted by Crippen LogP contribution is -2.38. The fraction of sp³-hybridized carbons (Fsp3) is 0.444. The molecule has 1 N–H and O–H groups in total. The number of nitrogens with zero attached hydrogens (tertiary/aromatic N) is 4. The van der Waals surface area contributed by atoms with Crippen molar-refractivity contribution in [3.63, 3.8) is 0 Å². The molecule has 0 spiro atoms. The third-order valence-corrected chi connectivity index (χ3v) is 7.42. The second kappa shape index (κ2) is 9.60. The Kier molecular flexibility index (Phi) is 6.36. The molecule has 1 atom stereocenters. The Morgan fingerprint density at radius 1 is 1.11 bits per heavy atom. The van der Waals surface area contributed by atoms with Gasteiger partial charge < -0.3 is 24.2 Å². The van der Waals surface area contributed by atoms with E-state index in [1.165, 1.54) is 18.2 Å². The van der Waals surface area contributed by atoms with Crippen molar-refractivity contribution in [2.75, 3.05) is 31.6 Å². The van der Waals surface area contributed by atoms with Crippen molar-refractivity contribution >= 4 is 29.0 Å². The fourth-order valence-corrected chi connectivity index (χ4v) is 5.50. The Balaban J connectivity index is 1.56. The largest absolute Gasteiger partial charge is 0.481 e. The summed E-state index contributed by atoms with van der Waals surface area (Å²) in [6, 6.07) is 14.9. The van der Waals surface area contributed by atoms with Crippen LogP contribution in [0.15, 0.2) is 42.5 Å². The van der Waals surface area contributed by atoms with E-state index >= 15 is 0 Å². The Hall–Kier alpha value is -3.55. The number of methoxy groups -OCH3 is 1. The maximum absolute atomic E-state index is 12.3. The number of fused-ring (bicyclic) bond motifs is 3. The number of anilines is 1. The Bertz CT molecular complexity index is 1230. The van der Waals surface area contributed by atoms with Gasteiger partial charge in [-0.3, -0.25) is 4.79 Å². The molecular weight excluding hydrogens is 444 g/mol. The molecule has 35 heavy (non-hydrogen) atoms. The van der Waals surface area contributed by atoms with E-state index < -0.39 is 5.97 Å². The second-order valence-electron chi connectivity index (χ2n) is 9.63. The Morgan fingerprint density at radius 2 is 1.86 bits per heavy atom. The molecule has 0 aliphatic carbocycles. The molecule has 8 heteroatoms. The third-order valence-electron chi connectivity index (χ3n) is 7.42. The maximum atomic E-state index is 12.3. The number of carboxylic acids is 1. The van der Waals surface area contributed by atoms with Crippen LogP contribution in [0.5, 0.6) is 0 Å². The van der Waals surface area contributed by atoms with E-state index in [2.05, 4.69) is 52.8 Å². The minimum atomic E-state index is -0.715. The van der Waals surface area contributed by atoms with Gasteiger partial charge >= 0.3 is 12.1 Å². The van der Waals surface area contributed by atoms with Crippen LogP contribution >= 0.6 is 0 Å². The molecule has 0 unspecified atom stereocenters. The van der Waals surface area contributed by atoms with Crippen LogP contribution in [0.4, 0.5) is 10.7 Å². The zero-order chi connectivity index (χ0) is 24.5. The highest BCUT2D eigenvalue weighted by Crippen LogP contribution is 2.35. The highest BCUT2D eigenvalue weighted by atomic mass is 16.5. The zero-order valence-electron chi connectivity index (χ0n) is 20.3. The number of carbonyl (C=O) groups excluding carboxylic acids is 1. The van der Waals surface area contributed by atoms with Gasteiger partial charge in [0.1, 0.15) is 0 Å². The average Bonchev–Trinajstić information content (AvgIpc) is 3.29. The maximum Gasteiger partial charge on any atom is 0.409 e. The monoisotopic (exact) mass is 476 g/mol. The number of aliphatic carboxylic acids is 1. The number of carboxylic acid groups (broad SMARTS) is 1. The van der Waals surface area contributed by atoms with Gasteiger partial charge in [0.15, 0.2) is 0 Å². The minimum Gasteiger partial charge on any atom is -0.481 e. The molecule has 1 saturated heterocycles. The van der Waals surface area contributed by atoms with Crippen LogP contribution in [0.1, 0.15) is 42.5 Å². The van der Waals surface area contributed by atoms with E-state index in [9.17, 15) is 14.7 Å². The van der Waals surface area contributed by atoms with Crippen molar-refractivity contribution < 1.29 is 19.4 Å². The molecule has 3 aromatic rings. The van der Waals surface area contributed by atoms with Crippen LogP contribution < -0.4 is 4.90 Å². The fourth-order valence-electron chi connectivity index (χ4n) is 5.50. The van der Waals surface area contributed by atoms with Gasteiger partial charge in [0.25, 0.3) is 0 Å². The van der Waals surface area contributed by atoms with Gasteiger partial charge in [0.2, 0.25) is 5.95 Å². The molecule has 3 heterocycles. The summed E-state index contributed by atoms with van der Waals surface area (Å²) >= 11 is 0. The number of rotatable bonds is 5.